The zero-order valence-electron chi connectivity index (χ0n) is 16.8. The number of likely N-dealkylation sites (tertiary alicyclic amines) is 1. The van der Waals surface area contributed by atoms with Crippen molar-refractivity contribution >= 4 is 17.5 Å². The Labute approximate surface area is 166 Å². The number of para-hydroxylation sites is 1. The van der Waals surface area contributed by atoms with Crippen LogP contribution in [0.3, 0.4) is 0 Å². The first kappa shape index (κ1) is 19.9. The maximum atomic E-state index is 12.7. The normalized spacial score (nSPS) is 16.5. The number of nitrogens with zero attached hydrogens (tertiary/aromatic N) is 1. The first-order valence-corrected chi connectivity index (χ1v) is 9.78. The summed E-state index contributed by atoms with van der Waals surface area (Å²) >= 11 is 0. The molecule has 0 radical (unpaired) electrons. The van der Waals surface area contributed by atoms with E-state index >= 15 is 0 Å². The Morgan fingerprint density at radius 2 is 1.79 bits per heavy atom. The highest BCUT2D eigenvalue weighted by atomic mass is 16.5. The van der Waals surface area contributed by atoms with Gasteiger partial charge in [0.25, 0.3) is 5.91 Å². The van der Waals surface area contributed by atoms with Crippen LogP contribution in [0.4, 0.5) is 5.69 Å². The highest BCUT2D eigenvalue weighted by Gasteiger charge is 2.28. The van der Waals surface area contributed by atoms with Gasteiger partial charge < -0.3 is 15.0 Å². The van der Waals surface area contributed by atoms with Crippen LogP contribution < -0.4 is 10.1 Å². The van der Waals surface area contributed by atoms with Gasteiger partial charge in [0.2, 0.25) is 5.91 Å². The third-order valence-corrected chi connectivity index (χ3v) is 5.13. The van der Waals surface area contributed by atoms with Crippen molar-refractivity contribution in [1.29, 1.82) is 0 Å². The van der Waals surface area contributed by atoms with Gasteiger partial charge in [0.1, 0.15) is 5.75 Å². The van der Waals surface area contributed by atoms with Gasteiger partial charge >= 0.3 is 0 Å². The van der Waals surface area contributed by atoms with Crippen molar-refractivity contribution in [3.05, 3.63) is 59.2 Å². The Balaban J connectivity index is 1.56. The van der Waals surface area contributed by atoms with Crippen LogP contribution in [0.15, 0.2) is 42.5 Å². The molecular formula is C23H28N2O3. The van der Waals surface area contributed by atoms with Crippen LogP contribution >= 0.6 is 0 Å². The van der Waals surface area contributed by atoms with Gasteiger partial charge in [-0.25, -0.2) is 0 Å². The van der Waals surface area contributed by atoms with Crippen LogP contribution in [-0.4, -0.2) is 36.4 Å². The third-order valence-electron chi connectivity index (χ3n) is 5.13. The van der Waals surface area contributed by atoms with Gasteiger partial charge in [-0.1, -0.05) is 35.9 Å². The Hall–Kier alpha value is -2.82. The highest BCUT2D eigenvalue weighted by Crippen LogP contribution is 2.25. The number of amides is 2. The van der Waals surface area contributed by atoms with Crippen molar-refractivity contribution in [1.82, 2.24) is 4.90 Å². The molecule has 2 amide bonds. The SMILES string of the molecule is Cc1cc(C)c(OCC(=O)N2CCCC(C(=O)Nc3ccccc3)C2)c(C)c1. The monoisotopic (exact) mass is 380 g/mol. The second-order valence-corrected chi connectivity index (χ2v) is 7.55. The van der Waals surface area contributed by atoms with E-state index in [0.29, 0.717) is 13.1 Å². The van der Waals surface area contributed by atoms with Crippen LogP contribution in [0, 0.1) is 26.7 Å². The predicted octanol–water partition coefficient (Wildman–Crippen LogP) is 3.87. The molecule has 1 unspecified atom stereocenters. The number of carbonyl (C=O) groups excluding carboxylic acids is 2. The molecule has 28 heavy (non-hydrogen) atoms. The maximum absolute atomic E-state index is 12.7. The molecule has 1 aliphatic heterocycles. The topological polar surface area (TPSA) is 58.6 Å². The van der Waals surface area contributed by atoms with E-state index in [1.807, 2.05) is 51.1 Å². The molecule has 0 saturated carbocycles. The Bertz CT molecular complexity index is 825. The van der Waals surface area contributed by atoms with Crippen LogP contribution in [-0.2, 0) is 9.59 Å². The summed E-state index contributed by atoms with van der Waals surface area (Å²) in [4.78, 5) is 27.0. The summed E-state index contributed by atoms with van der Waals surface area (Å²) in [5.41, 5.74) is 4.02. The van der Waals surface area contributed by atoms with Gasteiger partial charge in [-0.2, -0.15) is 0 Å². The smallest absolute Gasteiger partial charge is 0.260 e. The van der Waals surface area contributed by atoms with Gasteiger partial charge in [0.05, 0.1) is 5.92 Å². The second kappa shape index (κ2) is 8.91. The van der Waals surface area contributed by atoms with Crippen LogP contribution in [0.2, 0.25) is 0 Å². The molecule has 1 atom stereocenters. The molecule has 5 heteroatoms. The summed E-state index contributed by atoms with van der Waals surface area (Å²) in [5.74, 6) is 0.474. The number of piperidine rings is 1. The highest BCUT2D eigenvalue weighted by molar-refractivity contribution is 5.93. The van der Waals surface area contributed by atoms with E-state index < -0.39 is 0 Å². The number of nitrogens with one attached hydrogen (secondary N) is 1. The summed E-state index contributed by atoms with van der Waals surface area (Å²) in [6, 6.07) is 13.5. The average molecular weight is 380 g/mol. The number of ether oxygens (including phenoxy) is 1. The molecule has 0 aromatic heterocycles. The van der Waals surface area contributed by atoms with Crippen molar-refractivity contribution in [3.8, 4) is 5.75 Å². The van der Waals surface area contributed by atoms with Crippen molar-refractivity contribution in [2.45, 2.75) is 33.6 Å². The molecule has 148 valence electrons. The van der Waals surface area contributed by atoms with Gasteiger partial charge in [0, 0.05) is 18.8 Å². The van der Waals surface area contributed by atoms with Crippen LogP contribution in [0.25, 0.3) is 0 Å². The second-order valence-electron chi connectivity index (χ2n) is 7.55. The standard InChI is InChI=1S/C23H28N2O3/c1-16-12-17(2)22(18(3)13-16)28-15-21(26)25-11-7-8-19(14-25)23(27)24-20-9-5-4-6-10-20/h4-6,9-10,12-13,19H,7-8,11,14-15H2,1-3H3,(H,24,27). The van der Waals surface area contributed by atoms with E-state index in [9.17, 15) is 9.59 Å². The molecule has 0 aliphatic carbocycles. The van der Waals surface area contributed by atoms with E-state index in [2.05, 4.69) is 17.4 Å². The minimum absolute atomic E-state index is 0.00222. The van der Waals surface area contributed by atoms with Crippen LogP contribution in [0.1, 0.15) is 29.5 Å². The van der Waals surface area contributed by atoms with E-state index in [4.69, 9.17) is 4.74 Å². The van der Waals surface area contributed by atoms with Crippen molar-refractivity contribution in [3.63, 3.8) is 0 Å². The Morgan fingerprint density at radius 1 is 1.11 bits per heavy atom. The van der Waals surface area contributed by atoms with Gasteiger partial charge in [0.15, 0.2) is 6.61 Å². The fraction of sp³-hybridized carbons (Fsp3) is 0.391. The molecule has 0 bridgehead atoms. The van der Waals surface area contributed by atoms with Crippen molar-refractivity contribution in [2.75, 3.05) is 25.0 Å². The van der Waals surface area contributed by atoms with Gasteiger partial charge in [-0.15, -0.1) is 0 Å². The third kappa shape index (κ3) is 4.91. The van der Waals surface area contributed by atoms with E-state index in [0.717, 1.165) is 35.4 Å². The lowest BCUT2D eigenvalue weighted by molar-refractivity contribution is -0.136. The first-order chi connectivity index (χ1) is 13.4. The summed E-state index contributed by atoms with van der Waals surface area (Å²) < 4.78 is 5.84. The molecule has 2 aromatic carbocycles. The van der Waals surface area contributed by atoms with Gasteiger partial charge in [-0.3, -0.25) is 9.59 Å². The average Bonchev–Trinajstić information content (AvgIpc) is 2.68. The Morgan fingerprint density at radius 3 is 2.46 bits per heavy atom. The molecule has 1 heterocycles. The Kier molecular flexibility index (Phi) is 6.34. The summed E-state index contributed by atoms with van der Waals surface area (Å²) in [6.07, 6.45) is 1.61. The van der Waals surface area contributed by atoms with Crippen LogP contribution in [0.5, 0.6) is 5.75 Å². The first-order valence-electron chi connectivity index (χ1n) is 9.78. The number of anilines is 1. The van der Waals surface area contributed by atoms with E-state index in [1.165, 1.54) is 5.56 Å². The summed E-state index contributed by atoms with van der Waals surface area (Å²) in [6.45, 7) is 7.13. The molecule has 2 aromatic rings. The molecule has 1 saturated heterocycles. The molecule has 5 nitrogen and oxygen atoms in total. The molecule has 0 spiro atoms. The zero-order chi connectivity index (χ0) is 20.1. The number of aryl methyl sites for hydroxylation is 3. The lowest BCUT2D eigenvalue weighted by Crippen LogP contribution is -2.45. The van der Waals surface area contributed by atoms with E-state index in [-0.39, 0.29) is 24.3 Å². The molecular weight excluding hydrogens is 352 g/mol. The molecule has 1 N–H and O–H groups in total. The maximum Gasteiger partial charge on any atom is 0.260 e. The fourth-order valence-corrected chi connectivity index (χ4v) is 3.80. The quantitative estimate of drug-likeness (QED) is 0.857. The summed E-state index contributed by atoms with van der Waals surface area (Å²) in [7, 11) is 0. The number of carbonyl (C=O) groups is 2. The van der Waals surface area contributed by atoms with Gasteiger partial charge in [-0.05, 0) is 56.9 Å². The lowest BCUT2D eigenvalue weighted by Gasteiger charge is -2.32. The number of rotatable bonds is 5. The number of hydrogen-bond donors (Lipinski definition) is 1. The molecule has 3 rings (SSSR count). The molecule has 1 fully saturated rings. The van der Waals surface area contributed by atoms with E-state index in [1.54, 1.807) is 4.90 Å². The minimum Gasteiger partial charge on any atom is -0.483 e. The van der Waals surface area contributed by atoms with Crippen molar-refractivity contribution in [2.24, 2.45) is 5.92 Å². The summed E-state index contributed by atoms with van der Waals surface area (Å²) in [5, 5.41) is 2.94. The lowest BCUT2D eigenvalue weighted by atomic mass is 9.97. The fourth-order valence-electron chi connectivity index (χ4n) is 3.80. The number of benzene rings is 2. The molecule has 1 aliphatic rings. The van der Waals surface area contributed by atoms with Crippen molar-refractivity contribution < 1.29 is 14.3 Å². The minimum atomic E-state index is -0.194. The zero-order valence-corrected chi connectivity index (χ0v) is 16.8. The predicted molar refractivity (Wildman–Crippen MR) is 111 cm³/mol. The number of hydrogen-bond acceptors (Lipinski definition) is 3. The largest absolute Gasteiger partial charge is 0.483 e.